The minimum absolute atomic E-state index is 0.0799. The lowest BCUT2D eigenvalue weighted by Crippen LogP contribution is -2.35. The fourth-order valence-electron chi connectivity index (χ4n) is 1.96. The van der Waals surface area contributed by atoms with Crippen molar-refractivity contribution in [3.05, 3.63) is 52.2 Å². The van der Waals surface area contributed by atoms with Crippen molar-refractivity contribution in [1.29, 1.82) is 0 Å². The molecule has 0 aliphatic heterocycles. The molecular weight excluding hydrogens is 385 g/mol. The summed E-state index contributed by atoms with van der Waals surface area (Å²) in [6, 6.07) is 7.33. The fourth-order valence-corrected chi connectivity index (χ4v) is 2.60. The number of nitrogens with one attached hydrogen (secondary N) is 2. The van der Waals surface area contributed by atoms with Crippen LogP contribution in [0.25, 0.3) is 0 Å². The number of thiophene rings is 1. The Hall–Kier alpha value is -2.88. The molecule has 6 nitrogen and oxygen atoms in total. The van der Waals surface area contributed by atoms with Crippen LogP contribution in [-0.4, -0.2) is 30.4 Å². The van der Waals surface area contributed by atoms with Gasteiger partial charge in [-0.2, -0.15) is 13.2 Å². The van der Waals surface area contributed by atoms with Gasteiger partial charge in [0, 0.05) is 5.69 Å². The molecule has 0 bridgehead atoms. The summed E-state index contributed by atoms with van der Waals surface area (Å²) in [4.78, 5) is 35.8. The molecule has 2 N–H and O–H groups in total. The Balaban J connectivity index is 1.84. The molecule has 0 unspecified atom stereocenters. The first-order chi connectivity index (χ1) is 12.7. The van der Waals surface area contributed by atoms with Crippen LogP contribution in [0, 0.1) is 0 Å². The topological polar surface area (TPSA) is 84.5 Å². The van der Waals surface area contributed by atoms with Crippen molar-refractivity contribution >= 4 is 34.8 Å². The Morgan fingerprint density at radius 1 is 1.19 bits per heavy atom. The number of halogens is 3. The summed E-state index contributed by atoms with van der Waals surface area (Å²) >= 11 is 1.20. The summed E-state index contributed by atoms with van der Waals surface area (Å²) in [7, 11) is 0. The highest BCUT2D eigenvalue weighted by Gasteiger charge is 2.30. The molecule has 0 radical (unpaired) electrons. The molecule has 1 aromatic carbocycles. The number of carbonyl (C=O) groups excluding carboxylic acids is 3. The second-order valence-electron chi connectivity index (χ2n) is 5.36. The number of esters is 1. The van der Waals surface area contributed by atoms with Crippen LogP contribution < -0.4 is 10.6 Å². The Bertz CT molecular complexity index is 822. The molecule has 0 fully saturated rings. The standard InChI is InChI=1S/C17H15F3N2O4S/c1-10(26-14(23)9-21-16(25)13-6-3-7-27-13)15(24)22-12-5-2-4-11(8-12)17(18,19)20/h2-8,10H,9H2,1H3,(H,21,25)(H,22,24)/t10-/m0/s1. The molecule has 0 saturated carbocycles. The predicted octanol–water partition coefficient (Wildman–Crippen LogP) is 3.07. The zero-order chi connectivity index (χ0) is 20.0. The molecule has 2 amide bonds. The van der Waals surface area contributed by atoms with Crippen molar-refractivity contribution in [2.45, 2.75) is 19.2 Å². The highest BCUT2D eigenvalue weighted by molar-refractivity contribution is 7.12. The number of carbonyl (C=O) groups is 3. The first-order valence-electron chi connectivity index (χ1n) is 7.66. The maximum Gasteiger partial charge on any atom is 0.416 e. The number of rotatable bonds is 6. The summed E-state index contributed by atoms with van der Waals surface area (Å²) in [5, 5.41) is 6.29. The van der Waals surface area contributed by atoms with Crippen LogP contribution in [0.3, 0.4) is 0 Å². The number of hydrogen-bond donors (Lipinski definition) is 2. The summed E-state index contributed by atoms with van der Waals surface area (Å²) in [6.45, 7) is 0.819. The first kappa shape index (κ1) is 20.4. The number of hydrogen-bond acceptors (Lipinski definition) is 5. The van der Waals surface area contributed by atoms with E-state index in [9.17, 15) is 27.6 Å². The van der Waals surface area contributed by atoms with E-state index in [1.807, 2.05) is 0 Å². The van der Waals surface area contributed by atoms with Gasteiger partial charge in [-0.15, -0.1) is 11.3 Å². The third kappa shape index (κ3) is 6.10. The van der Waals surface area contributed by atoms with Crippen molar-refractivity contribution < 1.29 is 32.3 Å². The molecule has 144 valence electrons. The lowest BCUT2D eigenvalue weighted by atomic mass is 10.2. The van der Waals surface area contributed by atoms with Gasteiger partial charge in [-0.1, -0.05) is 12.1 Å². The zero-order valence-electron chi connectivity index (χ0n) is 14.0. The van der Waals surface area contributed by atoms with Gasteiger partial charge in [0.05, 0.1) is 10.4 Å². The van der Waals surface area contributed by atoms with Gasteiger partial charge in [0.15, 0.2) is 6.10 Å². The van der Waals surface area contributed by atoms with Gasteiger partial charge in [-0.3, -0.25) is 14.4 Å². The molecule has 1 atom stereocenters. The number of anilines is 1. The molecule has 2 aromatic rings. The smallest absolute Gasteiger partial charge is 0.416 e. The van der Waals surface area contributed by atoms with E-state index < -0.39 is 42.2 Å². The summed E-state index contributed by atoms with van der Waals surface area (Å²) in [5.41, 5.74) is -0.995. The van der Waals surface area contributed by atoms with Gasteiger partial charge in [0.25, 0.3) is 11.8 Å². The lowest BCUT2D eigenvalue weighted by Gasteiger charge is -2.14. The average molecular weight is 400 g/mol. The summed E-state index contributed by atoms with van der Waals surface area (Å²) in [6.07, 6.45) is -5.80. The first-order valence-corrected chi connectivity index (χ1v) is 8.54. The van der Waals surface area contributed by atoms with E-state index in [1.54, 1.807) is 17.5 Å². The molecule has 0 spiro atoms. The maximum absolute atomic E-state index is 12.7. The quantitative estimate of drug-likeness (QED) is 0.730. The van der Waals surface area contributed by atoms with Crippen LogP contribution in [0.2, 0.25) is 0 Å². The monoisotopic (exact) mass is 400 g/mol. The normalized spacial score (nSPS) is 12.1. The number of amides is 2. The fraction of sp³-hybridized carbons (Fsp3) is 0.235. The van der Waals surface area contributed by atoms with E-state index in [4.69, 9.17) is 4.74 Å². The second kappa shape index (κ2) is 8.67. The summed E-state index contributed by atoms with van der Waals surface area (Å²) < 4.78 is 42.9. The van der Waals surface area contributed by atoms with Crippen LogP contribution in [0.4, 0.5) is 18.9 Å². The van der Waals surface area contributed by atoms with Gasteiger partial charge < -0.3 is 15.4 Å². The minimum Gasteiger partial charge on any atom is -0.451 e. The Morgan fingerprint density at radius 2 is 1.93 bits per heavy atom. The van der Waals surface area contributed by atoms with Crippen LogP contribution in [0.5, 0.6) is 0 Å². The van der Waals surface area contributed by atoms with E-state index in [1.165, 1.54) is 24.3 Å². The number of alkyl halides is 3. The Morgan fingerprint density at radius 3 is 2.56 bits per heavy atom. The number of benzene rings is 1. The molecule has 0 aliphatic carbocycles. The maximum atomic E-state index is 12.7. The van der Waals surface area contributed by atoms with Crippen LogP contribution in [0.1, 0.15) is 22.2 Å². The van der Waals surface area contributed by atoms with Crippen molar-refractivity contribution in [3.63, 3.8) is 0 Å². The molecule has 1 heterocycles. The van der Waals surface area contributed by atoms with E-state index >= 15 is 0 Å². The molecule has 27 heavy (non-hydrogen) atoms. The Kier molecular flexibility index (Phi) is 6.56. The van der Waals surface area contributed by atoms with Crippen LogP contribution in [-0.2, 0) is 20.5 Å². The van der Waals surface area contributed by atoms with Crippen LogP contribution >= 0.6 is 11.3 Å². The van der Waals surface area contributed by atoms with Crippen molar-refractivity contribution in [2.24, 2.45) is 0 Å². The van der Waals surface area contributed by atoms with E-state index in [0.717, 1.165) is 18.2 Å². The van der Waals surface area contributed by atoms with Crippen molar-refractivity contribution in [3.8, 4) is 0 Å². The Labute approximate surface area is 156 Å². The van der Waals surface area contributed by atoms with Crippen molar-refractivity contribution in [2.75, 3.05) is 11.9 Å². The van der Waals surface area contributed by atoms with Gasteiger partial charge in [-0.25, -0.2) is 0 Å². The third-order valence-corrected chi connectivity index (χ3v) is 4.14. The predicted molar refractivity (Wildman–Crippen MR) is 92.3 cm³/mol. The average Bonchev–Trinajstić information content (AvgIpc) is 3.13. The second-order valence-corrected chi connectivity index (χ2v) is 6.31. The lowest BCUT2D eigenvalue weighted by molar-refractivity contribution is -0.152. The zero-order valence-corrected chi connectivity index (χ0v) is 14.8. The highest BCUT2D eigenvalue weighted by Crippen LogP contribution is 2.30. The molecule has 1 aromatic heterocycles. The third-order valence-electron chi connectivity index (χ3n) is 3.27. The largest absolute Gasteiger partial charge is 0.451 e. The van der Waals surface area contributed by atoms with E-state index in [2.05, 4.69) is 10.6 Å². The molecule has 0 saturated heterocycles. The van der Waals surface area contributed by atoms with Gasteiger partial charge >= 0.3 is 12.1 Å². The van der Waals surface area contributed by atoms with E-state index in [-0.39, 0.29) is 5.69 Å². The molecule has 0 aliphatic rings. The molecular formula is C17H15F3N2O4S. The van der Waals surface area contributed by atoms with E-state index in [0.29, 0.717) is 4.88 Å². The van der Waals surface area contributed by atoms with Gasteiger partial charge in [0.2, 0.25) is 0 Å². The van der Waals surface area contributed by atoms with Crippen molar-refractivity contribution in [1.82, 2.24) is 5.32 Å². The number of ether oxygens (including phenoxy) is 1. The van der Waals surface area contributed by atoms with Crippen LogP contribution in [0.15, 0.2) is 41.8 Å². The minimum atomic E-state index is -4.54. The highest BCUT2D eigenvalue weighted by atomic mass is 32.1. The molecule has 2 rings (SSSR count). The summed E-state index contributed by atoms with van der Waals surface area (Å²) in [5.74, 6) is -2.11. The molecule has 10 heteroatoms. The van der Waals surface area contributed by atoms with Gasteiger partial charge in [-0.05, 0) is 36.6 Å². The van der Waals surface area contributed by atoms with Gasteiger partial charge in [0.1, 0.15) is 6.54 Å². The SMILES string of the molecule is C[C@H](OC(=O)CNC(=O)c1cccs1)C(=O)Nc1cccc(C(F)(F)F)c1.